The van der Waals surface area contributed by atoms with E-state index in [0.29, 0.717) is 18.0 Å². The van der Waals surface area contributed by atoms with Gasteiger partial charge in [0.05, 0.1) is 0 Å². The Hall–Kier alpha value is -4.56. The van der Waals surface area contributed by atoms with Crippen LogP contribution in [0.3, 0.4) is 0 Å². The number of nitrogens with one attached hydrogen (secondary N) is 4. The van der Waals surface area contributed by atoms with Gasteiger partial charge in [-0.2, -0.15) is 0 Å². The largest absolute Gasteiger partial charge is 0.489 e. The first kappa shape index (κ1) is 23.6. The van der Waals surface area contributed by atoms with Crippen LogP contribution in [-0.2, 0) is 6.61 Å². The Bertz CT molecular complexity index is 1240. The van der Waals surface area contributed by atoms with E-state index in [1.54, 1.807) is 24.3 Å². The molecule has 0 atom stereocenters. The minimum absolute atomic E-state index is 0.240. The maximum absolute atomic E-state index is 12.2. The van der Waals surface area contributed by atoms with E-state index < -0.39 is 6.03 Å². The van der Waals surface area contributed by atoms with E-state index in [2.05, 4.69) is 21.5 Å². The number of thiocarbonyl (C=S) groups is 1. The van der Waals surface area contributed by atoms with Crippen LogP contribution in [0.5, 0.6) is 17.2 Å². The van der Waals surface area contributed by atoms with Gasteiger partial charge in [-0.05, 0) is 78.4 Å². The van der Waals surface area contributed by atoms with Gasteiger partial charge >= 0.3 is 6.03 Å². The fourth-order valence-electron chi connectivity index (χ4n) is 3.04. The Morgan fingerprint density at radius 1 is 0.629 bits per heavy atom. The molecule has 0 aromatic heterocycles. The molecule has 0 spiro atoms. The van der Waals surface area contributed by atoms with E-state index in [1.807, 2.05) is 84.9 Å². The zero-order valence-electron chi connectivity index (χ0n) is 18.7. The van der Waals surface area contributed by atoms with Crippen molar-refractivity contribution in [3.05, 3.63) is 115 Å². The fraction of sp³-hybridized carbons (Fsp3) is 0.0370. The molecule has 35 heavy (non-hydrogen) atoms. The summed E-state index contributed by atoms with van der Waals surface area (Å²) < 4.78 is 11.5. The molecule has 4 aromatic rings. The fourth-order valence-corrected chi connectivity index (χ4v) is 3.21. The lowest BCUT2D eigenvalue weighted by Gasteiger charge is -2.13. The number of benzene rings is 4. The van der Waals surface area contributed by atoms with Crippen molar-refractivity contribution in [2.45, 2.75) is 6.61 Å². The van der Waals surface area contributed by atoms with E-state index >= 15 is 0 Å². The first-order valence-electron chi connectivity index (χ1n) is 10.9. The summed E-state index contributed by atoms with van der Waals surface area (Å²) in [6.07, 6.45) is 0. The van der Waals surface area contributed by atoms with Gasteiger partial charge in [-0.25, -0.2) is 10.2 Å². The van der Waals surface area contributed by atoms with Crippen LogP contribution < -0.4 is 31.0 Å². The average Bonchev–Trinajstić information content (AvgIpc) is 2.89. The molecule has 0 aliphatic carbocycles. The topological polar surface area (TPSA) is 83.7 Å². The Balaban J connectivity index is 1.17. The molecule has 7 nitrogen and oxygen atoms in total. The van der Waals surface area contributed by atoms with Crippen molar-refractivity contribution in [3.63, 3.8) is 0 Å². The van der Waals surface area contributed by atoms with Gasteiger partial charge in [0.15, 0.2) is 5.11 Å². The molecule has 0 aliphatic rings. The number of anilines is 2. The summed E-state index contributed by atoms with van der Waals surface area (Å²) in [5, 5.41) is 5.95. The molecule has 0 radical (unpaired) electrons. The van der Waals surface area contributed by atoms with Crippen molar-refractivity contribution in [2.75, 3.05) is 10.6 Å². The lowest BCUT2D eigenvalue weighted by atomic mass is 10.2. The number of hydrogen-bond donors (Lipinski definition) is 4. The number of amides is 2. The van der Waals surface area contributed by atoms with Crippen LogP contribution in [0.2, 0.25) is 0 Å². The standard InChI is InChI=1S/C27H24N4O3S/c32-26(28-21-13-17-25(18-14-21)34-24-9-5-2-6-10-24)30-31-27(35)29-22-11-15-23(16-12-22)33-19-20-7-3-1-4-8-20/h1-18H,19H2,(H2,28,30,32)(H2,29,31,35). The molecule has 176 valence electrons. The summed E-state index contributed by atoms with van der Waals surface area (Å²) in [4.78, 5) is 12.2. The molecular weight excluding hydrogens is 460 g/mol. The predicted octanol–water partition coefficient (Wildman–Crippen LogP) is 6.08. The van der Waals surface area contributed by atoms with E-state index in [9.17, 15) is 4.79 Å². The number of rotatable bonds is 7. The smallest absolute Gasteiger partial charge is 0.337 e. The van der Waals surface area contributed by atoms with Gasteiger partial charge in [0.25, 0.3) is 0 Å². The third-order valence-electron chi connectivity index (χ3n) is 4.74. The van der Waals surface area contributed by atoms with Crippen molar-refractivity contribution in [2.24, 2.45) is 0 Å². The van der Waals surface area contributed by atoms with Gasteiger partial charge in [-0.15, -0.1) is 0 Å². The molecule has 2 amide bonds. The van der Waals surface area contributed by atoms with Gasteiger partial charge in [-0.3, -0.25) is 5.43 Å². The highest BCUT2D eigenvalue weighted by Crippen LogP contribution is 2.22. The van der Waals surface area contributed by atoms with Crippen molar-refractivity contribution >= 4 is 34.7 Å². The highest BCUT2D eigenvalue weighted by Gasteiger charge is 2.04. The monoisotopic (exact) mass is 484 g/mol. The minimum atomic E-state index is -0.462. The lowest BCUT2D eigenvalue weighted by Crippen LogP contribution is -2.45. The van der Waals surface area contributed by atoms with Crippen LogP contribution in [0.4, 0.5) is 16.2 Å². The number of hydrazine groups is 1. The van der Waals surface area contributed by atoms with Crippen LogP contribution in [-0.4, -0.2) is 11.1 Å². The van der Waals surface area contributed by atoms with Crippen LogP contribution >= 0.6 is 12.2 Å². The van der Waals surface area contributed by atoms with Crippen molar-refractivity contribution in [1.82, 2.24) is 10.9 Å². The molecule has 4 aromatic carbocycles. The van der Waals surface area contributed by atoms with Crippen molar-refractivity contribution in [3.8, 4) is 17.2 Å². The molecule has 0 fully saturated rings. The highest BCUT2D eigenvalue weighted by atomic mass is 32.1. The zero-order chi connectivity index (χ0) is 24.3. The van der Waals surface area contributed by atoms with Crippen LogP contribution in [0.15, 0.2) is 109 Å². The summed E-state index contributed by atoms with van der Waals surface area (Å²) in [6, 6.07) is 33.4. The Kier molecular flexibility index (Phi) is 8.13. The molecule has 0 unspecified atom stereocenters. The molecule has 8 heteroatoms. The van der Waals surface area contributed by atoms with E-state index in [4.69, 9.17) is 21.7 Å². The molecule has 0 bridgehead atoms. The summed E-state index contributed by atoms with van der Waals surface area (Å²) in [7, 11) is 0. The van der Waals surface area contributed by atoms with Gasteiger partial charge in [0.2, 0.25) is 0 Å². The summed E-state index contributed by atoms with van der Waals surface area (Å²) in [5.41, 5.74) is 7.61. The zero-order valence-corrected chi connectivity index (χ0v) is 19.5. The van der Waals surface area contributed by atoms with Gasteiger partial charge in [0, 0.05) is 11.4 Å². The summed E-state index contributed by atoms with van der Waals surface area (Å²) in [5.74, 6) is 2.16. The summed E-state index contributed by atoms with van der Waals surface area (Å²) >= 11 is 5.23. The lowest BCUT2D eigenvalue weighted by molar-refractivity contribution is 0.250. The second kappa shape index (κ2) is 12.1. The summed E-state index contributed by atoms with van der Waals surface area (Å²) in [6.45, 7) is 0.495. The third-order valence-corrected chi connectivity index (χ3v) is 4.95. The normalized spacial score (nSPS) is 10.1. The number of urea groups is 1. The third kappa shape index (κ3) is 7.76. The molecule has 0 saturated heterocycles. The Labute approximate surface area is 209 Å². The SMILES string of the molecule is O=C(NNC(=S)Nc1ccc(OCc2ccccc2)cc1)Nc1ccc(Oc2ccccc2)cc1. The molecule has 4 N–H and O–H groups in total. The molecule has 0 aliphatic heterocycles. The Morgan fingerprint density at radius 3 is 1.83 bits per heavy atom. The number of para-hydroxylation sites is 1. The van der Waals surface area contributed by atoms with Gasteiger partial charge in [0.1, 0.15) is 23.9 Å². The molecule has 0 heterocycles. The Morgan fingerprint density at radius 2 is 1.17 bits per heavy atom. The highest BCUT2D eigenvalue weighted by molar-refractivity contribution is 7.80. The van der Waals surface area contributed by atoms with Crippen molar-refractivity contribution in [1.29, 1.82) is 0 Å². The van der Waals surface area contributed by atoms with Gasteiger partial charge in [-0.1, -0.05) is 48.5 Å². The van der Waals surface area contributed by atoms with Crippen LogP contribution in [0.1, 0.15) is 5.56 Å². The van der Waals surface area contributed by atoms with Crippen molar-refractivity contribution < 1.29 is 14.3 Å². The number of carbonyl (C=O) groups is 1. The number of carbonyl (C=O) groups excluding carboxylic acids is 1. The molecule has 4 rings (SSSR count). The van der Waals surface area contributed by atoms with E-state index in [-0.39, 0.29) is 5.11 Å². The first-order valence-corrected chi connectivity index (χ1v) is 11.3. The average molecular weight is 485 g/mol. The quantitative estimate of drug-likeness (QED) is 0.188. The molecular formula is C27H24N4O3S. The second-order valence-corrected chi connectivity index (χ2v) is 7.80. The first-order chi connectivity index (χ1) is 17.1. The van der Waals surface area contributed by atoms with E-state index in [0.717, 1.165) is 22.7 Å². The maximum Gasteiger partial charge on any atom is 0.337 e. The second-order valence-electron chi connectivity index (χ2n) is 7.40. The van der Waals surface area contributed by atoms with Gasteiger partial charge < -0.3 is 20.1 Å². The number of hydrogen-bond acceptors (Lipinski definition) is 4. The molecule has 0 saturated carbocycles. The van der Waals surface area contributed by atoms with Crippen LogP contribution in [0.25, 0.3) is 0 Å². The maximum atomic E-state index is 12.2. The predicted molar refractivity (Wildman–Crippen MR) is 142 cm³/mol. The minimum Gasteiger partial charge on any atom is -0.489 e. The van der Waals surface area contributed by atoms with E-state index in [1.165, 1.54) is 0 Å². The number of ether oxygens (including phenoxy) is 2. The van der Waals surface area contributed by atoms with Crippen LogP contribution in [0, 0.1) is 0 Å².